The summed E-state index contributed by atoms with van der Waals surface area (Å²) in [5.41, 5.74) is 0. The van der Waals surface area contributed by atoms with Crippen molar-refractivity contribution in [1.29, 1.82) is 0 Å². The lowest BCUT2D eigenvalue weighted by Gasteiger charge is -2.24. The minimum Gasteiger partial charge on any atom is -0.316 e. The molecule has 2 saturated heterocycles. The zero-order valence-electron chi connectivity index (χ0n) is 9.69. The molecule has 2 heterocycles. The van der Waals surface area contributed by atoms with Crippen LogP contribution in [0.25, 0.3) is 0 Å². The Kier molecular flexibility index (Phi) is 8.46. The molecule has 2 rings (SSSR count). The second-order valence-electron chi connectivity index (χ2n) is 3.17. The van der Waals surface area contributed by atoms with Gasteiger partial charge in [0.15, 0.2) is 0 Å². The van der Waals surface area contributed by atoms with E-state index >= 15 is 0 Å². The van der Waals surface area contributed by atoms with Crippen LogP contribution in [0.1, 0.15) is 34.1 Å². The molecule has 2 unspecified atom stereocenters. The fourth-order valence-corrected chi connectivity index (χ4v) is 1.94. The third-order valence-electron chi connectivity index (χ3n) is 2.58. The quantitative estimate of drug-likeness (QED) is 0.603. The average Bonchev–Trinajstić information content (AvgIpc) is 2.71. The molecule has 2 aliphatic rings. The topological polar surface area (TPSA) is 24.1 Å². The molecular weight excluding hydrogens is 160 g/mol. The van der Waals surface area contributed by atoms with Gasteiger partial charge in [-0.15, -0.1) is 0 Å². The molecular formula is C11H26N2. The molecule has 0 amide bonds. The third kappa shape index (κ3) is 4.10. The monoisotopic (exact) mass is 186 g/mol. The molecule has 2 heteroatoms. The molecule has 0 aromatic heterocycles. The van der Waals surface area contributed by atoms with Crippen molar-refractivity contribution in [1.82, 2.24) is 10.6 Å². The van der Waals surface area contributed by atoms with Crippen molar-refractivity contribution < 1.29 is 0 Å². The Hall–Kier alpha value is -0.0800. The largest absolute Gasteiger partial charge is 0.316 e. The highest BCUT2D eigenvalue weighted by Crippen LogP contribution is 2.21. The van der Waals surface area contributed by atoms with Crippen LogP contribution in [-0.2, 0) is 0 Å². The van der Waals surface area contributed by atoms with Crippen LogP contribution in [0, 0.1) is 11.8 Å². The van der Waals surface area contributed by atoms with E-state index < -0.39 is 0 Å². The van der Waals surface area contributed by atoms with Crippen molar-refractivity contribution in [3.05, 3.63) is 0 Å². The lowest BCUT2D eigenvalue weighted by Crippen LogP contribution is -2.35. The molecule has 0 saturated carbocycles. The van der Waals surface area contributed by atoms with Crippen LogP contribution in [0.5, 0.6) is 0 Å². The second-order valence-corrected chi connectivity index (χ2v) is 3.17. The van der Waals surface area contributed by atoms with Gasteiger partial charge in [0, 0.05) is 0 Å². The molecule has 0 aromatic rings. The molecule has 0 aromatic carbocycles. The molecule has 2 atom stereocenters. The van der Waals surface area contributed by atoms with E-state index in [4.69, 9.17) is 0 Å². The van der Waals surface area contributed by atoms with E-state index in [1.807, 2.05) is 27.7 Å². The van der Waals surface area contributed by atoms with Crippen LogP contribution >= 0.6 is 0 Å². The van der Waals surface area contributed by atoms with Gasteiger partial charge in [-0.25, -0.2) is 0 Å². The molecule has 2 N–H and O–H groups in total. The van der Waals surface area contributed by atoms with Crippen LogP contribution in [0.2, 0.25) is 0 Å². The normalized spacial score (nSPS) is 30.5. The summed E-state index contributed by atoms with van der Waals surface area (Å²) in [7, 11) is 0. The van der Waals surface area contributed by atoms with E-state index in [0.717, 1.165) is 11.8 Å². The number of hydrogen-bond donors (Lipinski definition) is 2. The number of hydrogen-bond acceptors (Lipinski definition) is 2. The van der Waals surface area contributed by atoms with E-state index in [0.29, 0.717) is 0 Å². The number of fused-ring (bicyclic) bond motifs is 1. The first-order valence-electron chi connectivity index (χ1n) is 5.88. The first kappa shape index (κ1) is 12.9. The van der Waals surface area contributed by atoms with Gasteiger partial charge in [-0.2, -0.15) is 0 Å². The summed E-state index contributed by atoms with van der Waals surface area (Å²) in [6, 6.07) is 0. The van der Waals surface area contributed by atoms with Gasteiger partial charge in [-0.05, 0) is 44.4 Å². The summed E-state index contributed by atoms with van der Waals surface area (Å²) in [5, 5.41) is 6.84. The second kappa shape index (κ2) is 8.52. The smallest absolute Gasteiger partial charge is 0.000511 e. The van der Waals surface area contributed by atoms with Crippen molar-refractivity contribution in [2.45, 2.75) is 34.1 Å². The van der Waals surface area contributed by atoms with Gasteiger partial charge < -0.3 is 10.6 Å². The van der Waals surface area contributed by atoms with Gasteiger partial charge in [0.1, 0.15) is 0 Å². The van der Waals surface area contributed by atoms with Gasteiger partial charge in [0.2, 0.25) is 0 Å². The van der Waals surface area contributed by atoms with Crippen molar-refractivity contribution in [2.75, 3.05) is 26.2 Å². The zero-order chi connectivity index (χ0) is 10.1. The molecule has 2 nitrogen and oxygen atoms in total. The summed E-state index contributed by atoms with van der Waals surface area (Å²) >= 11 is 0. The Bertz CT molecular complexity index is 92.3. The fraction of sp³-hybridized carbons (Fsp3) is 1.00. The minimum atomic E-state index is 0.943. The van der Waals surface area contributed by atoms with E-state index in [1.165, 1.54) is 32.6 Å². The van der Waals surface area contributed by atoms with Crippen molar-refractivity contribution in [2.24, 2.45) is 11.8 Å². The molecule has 13 heavy (non-hydrogen) atoms. The summed E-state index contributed by atoms with van der Waals surface area (Å²) in [5.74, 6) is 1.94. The standard InChI is InChI=1S/C7H14N2.2C2H6/c1-2-8-4-7-5-9-3-6(1)7;2*1-2/h6-9H,1-5H2;2*1-2H3. The Labute approximate surface area is 83.5 Å². The highest BCUT2D eigenvalue weighted by molar-refractivity contribution is 4.85. The predicted octanol–water partition coefficient (Wildman–Crippen LogP) is 1.87. The predicted molar refractivity (Wildman–Crippen MR) is 60.0 cm³/mol. The van der Waals surface area contributed by atoms with Crippen LogP contribution in [-0.4, -0.2) is 26.2 Å². The van der Waals surface area contributed by atoms with E-state index in [-0.39, 0.29) is 0 Å². The fourth-order valence-electron chi connectivity index (χ4n) is 1.94. The lowest BCUT2D eigenvalue weighted by atomic mass is 9.90. The van der Waals surface area contributed by atoms with Crippen LogP contribution in [0.15, 0.2) is 0 Å². The summed E-state index contributed by atoms with van der Waals surface area (Å²) in [4.78, 5) is 0. The van der Waals surface area contributed by atoms with Gasteiger partial charge in [0.05, 0.1) is 0 Å². The van der Waals surface area contributed by atoms with E-state index in [2.05, 4.69) is 10.6 Å². The first-order chi connectivity index (χ1) is 6.47. The first-order valence-corrected chi connectivity index (χ1v) is 5.88. The lowest BCUT2D eigenvalue weighted by molar-refractivity contribution is 0.318. The highest BCUT2D eigenvalue weighted by atomic mass is 15.0. The molecule has 0 bridgehead atoms. The van der Waals surface area contributed by atoms with Crippen LogP contribution in [0.3, 0.4) is 0 Å². The Morgan fingerprint density at radius 3 is 1.92 bits per heavy atom. The van der Waals surface area contributed by atoms with Crippen LogP contribution < -0.4 is 10.6 Å². The SMILES string of the molecule is C1CC2CNCC2CN1.CC.CC. The van der Waals surface area contributed by atoms with E-state index in [1.54, 1.807) is 0 Å². The minimum absolute atomic E-state index is 0.943. The maximum absolute atomic E-state index is 3.42. The van der Waals surface area contributed by atoms with Crippen LogP contribution in [0.4, 0.5) is 0 Å². The average molecular weight is 186 g/mol. The van der Waals surface area contributed by atoms with Gasteiger partial charge in [-0.3, -0.25) is 0 Å². The summed E-state index contributed by atoms with van der Waals surface area (Å²) in [6.45, 7) is 13.0. The third-order valence-corrected chi connectivity index (χ3v) is 2.58. The van der Waals surface area contributed by atoms with Gasteiger partial charge in [-0.1, -0.05) is 27.7 Å². The molecule has 80 valence electrons. The number of nitrogens with one attached hydrogen (secondary N) is 2. The van der Waals surface area contributed by atoms with Crippen molar-refractivity contribution >= 4 is 0 Å². The molecule has 2 fully saturated rings. The zero-order valence-corrected chi connectivity index (χ0v) is 9.69. The van der Waals surface area contributed by atoms with Gasteiger partial charge in [0.25, 0.3) is 0 Å². The molecule has 0 aliphatic carbocycles. The summed E-state index contributed by atoms with van der Waals surface area (Å²) in [6.07, 6.45) is 1.39. The number of piperidine rings is 1. The highest BCUT2D eigenvalue weighted by Gasteiger charge is 2.28. The van der Waals surface area contributed by atoms with Crippen molar-refractivity contribution in [3.8, 4) is 0 Å². The molecule has 0 spiro atoms. The van der Waals surface area contributed by atoms with E-state index in [9.17, 15) is 0 Å². The Balaban J connectivity index is 0.000000322. The maximum Gasteiger partial charge on any atom is -0.000511 e. The number of rotatable bonds is 0. The molecule has 0 radical (unpaired) electrons. The maximum atomic E-state index is 3.42. The Morgan fingerprint density at radius 2 is 1.31 bits per heavy atom. The Morgan fingerprint density at radius 1 is 0.769 bits per heavy atom. The van der Waals surface area contributed by atoms with Crippen molar-refractivity contribution in [3.63, 3.8) is 0 Å². The molecule has 2 aliphatic heterocycles. The summed E-state index contributed by atoms with van der Waals surface area (Å²) < 4.78 is 0. The van der Waals surface area contributed by atoms with Gasteiger partial charge >= 0.3 is 0 Å².